The van der Waals surface area contributed by atoms with Crippen molar-refractivity contribution in [3.8, 4) is 5.75 Å². The van der Waals surface area contributed by atoms with Crippen molar-refractivity contribution >= 4 is 12.0 Å². The Morgan fingerprint density at radius 2 is 1.82 bits per heavy atom. The van der Waals surface area contributed by atoms with Gasteiger partial charge in [0.25, 0.3) is 0 Å². The van der Waals surface area contributed by atoms with Crippen LogP contribution < -0.4 is 9.64 Å². The van der Waals surface area contributed by atoms with Gasteiger partial charge in [-0.25, -0.2) is 4.98 Å². The number of hydrogen-bond donors (Lipinski definition) is 0. The number of ether oxygens (including phenoxy) is 1. The molecule has 1 fully saturated rings. The molecule has 5 heteroatoms. The number of rotatable bonds is 4. The molecule has 5 nitrogen and oxygen atoms in total. The van der Waals surface area contributed by atoms with Gasteiger partial charge in [0.1, 0.15) is 11.6 Å². The average molecular weight is 296 g/mol. The summed E-state index contributed by atoms with van der Waals surface area (Å²) < 4.78 is 5.33. The molecule has 0 unspecified atom stereocenters. The molecular formula is C17H20N4O. The normalized spacial score (nSPS) is 15.3. The number of hydrogen-bond acceptors (Lipinski definition) is 5. The molecule has 0 amide bonds. The van der Waals surface area contributed by atoms with Crippen LogP contribution in [0.5, 0.6) is 5.75 Å². The van der Waals surface area contributed by atoms with Crippen molar-refractivity contribution in [2.24, 2.45) is 5.10 Å². The fourth-order valence-electron chi connectivity index (χ4n) is 2.50. The predicted octanol–water partition coefficient (Wildman–Crippen LogP) is 2.25. The summed E-state index contributed by atoms with van der Waals surface area (Å²) in [5, 5.41) is 6.66. The van der Waals surface area contributed by atoms with Gasteiger partial charge in [-0.2, -0.15) is 5.10 Å². The SMILES string of the molecule is COc1ccccc1/C=N/N1CCN(c2ccccn2)CC1. The molecule has 114 valence electrons. The van der Waals surface area contributed by atoms with E-state index in [1.807, 2.05) is 54.9 Å². The van der Waals surface area contributed by atoms with Gasteiger partial charge in [0.2, 0.25) is 0 Å². The molecule has 0 spiro atoms. The monoisotopic (exact) mass is 296 g/mol. The number of hydrazone groups is 1. The van der Waals surface area contributed by atoms with Crippen LogP contribution in [0, 0.1) is 0 Å². The first-order valence-corrected chi connectivity index (χ1v) is 7.45. The number of methoxy groups -OCH3 is 1. The molecule has 1 aliphatic heterocycles. The lowest BCUT2D eigenvalue weighted by Gasteiger charge is -2.33. The van der Waals surface area contributed by atoms with Crippen LogP contribution in [-0.2, 0) is 0 Å². The van der Waals surface area contributed by atoms with Crippen molar-refractivity contribution in [2.45, 2.75) is 0 Å². The van der Waals surface area contributed by atoms with E-state index in [-0.39, 0.29) is 0 Å². The van der Waals surface area contributed by atoms with E-state index in [0.717, 1.165) is 43.3 Å². The van der Waals surface area contributed by atoms with Gasteiger partial charge in [-0.3, -0.25) is 5.01 Å². The number of benzene rings is 1. The molecule has 3 rings (SSSR count). The van der Waals surface area contributed by atoms with Crippen molar-refractivity contribution in [2.75, 3.05) is 38.2 Å². The second-order valence-electron chi connectivity index (χ2n) is 5.12. The Balaban J connectivity index is 1.59. The summed E-state index contributed by atoms with van der Waals surface area (Å²) in [6, 6.07) is 13.9. The molecule has 0 N–H and O–H groups in total. The molecule has 0 aliphatic carbocycles. The first-order chi connectivity index (χ1) is 10.9. The molecule has 0 atom stereocenters. The molecule has 1 saturated heterocycles. The maximum Gasteiger partial charge on any atom is 0.128 e. The molecule has 1 aliphatic rings. The third-order valence-corrected chi connectivity index (χ3v) is 3.73. The minimum absolute atomic E-state index is 0.846. The zero-order chi connectivity index (χ0) is 15.2. The van der Waals surface area contributed by atoms with E-state index in [0.29, 0.717) is 0 Å². The predicted molar refractivity (Wildman–Crippen MR) is 88.6 cm³/mol. The smallest absolute Gasteiger partial charge is 0.128 e. The number of piperazine rings is 1. The van der Waals surface area contributed by atoms with Crippen LogP contribution in [0.25, 0.3) is 0 Å². The first kappa shape index (κ1) is 14.4. The lowest BCUT2D eigenvalue weighted by atomic mass is 10.2. The maximum atomic E-state index is 5.33. The number of aromatic nitrogens is 1. The summed E-state index contributed by atoms with van der Waals surface area (Å²) in [5.41, 5.74) is 0.997. The van der Waals surface area contributed by atoms with Gasteiger partial charge in [0.15, 0.2) is 0 Å². The van der Waals surface area contributed by atoms with Gasteiger partial charge in [0.05, 0.1) is 26.4 Å². The minimum Gasteiger partial charge on any atom is -0.496 e. The highest BCUT2D eigenvalue weighted by atomic mass is 16.5. The van der Waals surface area contributed by atoms with Crippen LogP contribution >= 0.6 is 0 Å². The summed E-state index contributed by atoms with van der Waals surface area (Å²) >= 11 is 0. The standard InChI is InChI=1S/C17H20N4O/c1-22-16-7-3-2-6-15(16)14-19-21-12-10-20(11-13-21)17-8-4-5-9-18-17/h2-9,14H,10-13H2,1H3/b19-14+. The van der Waals surface area contributed by atoms with Gasteiger partial charge < -0.3 is 9.64 Å². The molecule has 0 radical (unpaired) electrons. The van der Waals surface area contributed by atoms with E-state index in [1.165, 1.54) is 0 Å². The average Bonchev–Trinajstić information content (AvgIpc) is 2.61. The highest BCUT2D eigenvalue weighted by Crippen LogP contribution is 2.16. The molecule has 1 aromatic carbocycles. The number of nitrogens with zero attached hydrogens (tertiary/aromatic N) is 4. The van der Waals surface area contributed by atoms with E-state index in [1.54, 1.807) is 7.11 Å². The van der Waals surface area contributed by atoms with Gasteiger partial charge in [-0.05, 0) is 24.3 Å². The Morgan fingerprint density at radius 1 is 1.05 bits per heavy atom. The van der Waals surface area contributed by atoms with Crippen molar-refractivity contribution in [3.63, 3.8) is 0 Å². The zero-order valence-corrected chi connectivity index (χ0v) is 12.7. The summed E-state index contributed by atoms with van der Waals surface area (Å²) in [7, 11) is 1.68. The van der Waals surface area contributed by atoms with Crippen LogP contribution in [0.15, 0.2) is 53.8 Å². The maximum absolute atomic E-state index is 5.33. The summed E-state index contributed by atoms with van der Waals surface area (Å²) in [6.07, 6.45) is 3.71. The Labute approximate surface area is 130 Å². The Bertz CT molecular complexity index is 622. The van der Waals surface area contributed by atoms with Gasteiger partial charge in [-0.15, -0.1) is 0 Å². The highest BCUT2D eigenvalue weighted by molar-refractivity contribution is 5.83. The van der Waals surface area contributed by atoms with Crippen LogP contribution in [0.1, 0.15) is 5.56 Å². The Hall–Kier alpha value is -2.56. The Kier molecular flexibility index (Phi) is 4.53. The second-order valence-corrected chi connectivity index (χ2v) is 5.12. The van der Waals surface area contributed by atoms with Gasteiger partial charge in [-0.1, -0.05) is 18.2 Å². The fourth-order valence-corrected chi connectivity index (χ4v) is 2.50. The molecule has 0 saturated carbocycles. The van der Waals surface area contributed by atoms with E-state index in [4.69, 9.17) is 4.74 Å². The molecule has 22 heavy (non-hydrogen) atoms. The van der Waals surface area contributed by atoms with Gasteiger partial charge in [0, 0.05) is 24.8 Å². The van der Waals surface area contributed by atoms with Crippen molar-refractivity contribution < 1.29 is 4.74 Å². The van der Waals surface area contributed by atoms with Gasteiger partial charge >= 0.3 is 0 Å². The molecule has 2 heterocycles. The van der Waals surface area contributed by atoms with E-state index in [9.17, 15) is 0 Å². The lowest BCUT2D eigenvalue weighted by molar-refractivity contribution is 0.271. The largest absolute Gasteiger partial charge is 0.496 e. The van der Waals surface area contributed by atoms with Crippen LogP contribution in [-0.4, -0.2) is 49.5 Å². The summed E-state index contributed by atoms with van der Waals surface area (Å²) in [5.74, 6) is 1.88. The third-order valence-electron chi connectivity index (χ3n) is 3.73. The first-order valence-electron chi connectivity index (χ1n) is 7.45. The fraction of sp³-hybridized carbons (Fsp3) is 0.294. The number of para-hydroxylation sites is 1. The highest BCUT2D eigenvalue weighted by Gasteiger charge is 2.16. The molecule has 1 aromatic heterocycles. The topological polar surface area (TPSA) is 41.0 Å². The third kappa shape index (κ3) is 3.36. The van der Waals surface area contributed by atoms with Crippen molar-refractivity contribution in [3.05, 3.63) is 54.2 Å². The van der Waals surface area contributed by atoms with E-state index < -0.39 is 0 Å². The van der Waals surface area contributed by atoms with Crippen molar-refractivity contribution in [1.29, 1.82) is 0 Å². The zero-order valence-electron chi connectivity index (χ0n) is 12.7. The second kappa shape index (κ2) is 6.93. The number of pyridine rings is 1. The molecule has 0 bridgehead atoms. The number of anilines is 1. The van der Waals surface area contributed by atoms with E-state index >= 15 is 0 Å². The van der Waals surface area contributed by atoms with Crippen molar-refractivity contribution in [1.82, 2.24) is 9.99 Å². The Morgan fingerprint density at radius 3 is 2.55 bits per heavy atom. The molecular weight excluding hydrogens is 276 g/mol. The lowest BCUT2D eigenvalue weighted by Crippen LogP contribution is -2.44. The minimum atomic E-state index is 0.846. The van der Waals surface area contributed by atoms with Crippen LogP contribution in [0.4, 0.5) is 5.82 Å². The van der Waals surface area contributed by atoms with E-state index in [2.05, 4.69) is 20.0 Å². The molecule has 2 aromatic rings. The van der Waals surface area contributed by atoms with Crippen LogP contribution in [0.2, 0.25) is 0 Å². The summed E-state index contributed by atoms with van der Waals surface area (Å²) in [4.78, 5) is 6.68. The summed E-state index contributed by atoms with van der Waals surface area (Å²) in [6.45, 7) is 3.64. The quantitative estimate of drug-likeness (QED) is 0.812. The van der Waals surface area contributed by atoms with Crippen LogP contribution in [0.3, 0.4) is 0 Å².